The SMILES string of the molecule is CC(=O)OC1CC[C@@]2(C)C(CC[C@@H]3[C@H]2CC[C@]2(C)C(N)C(O)C[C@@H]32)C1. The fraction of sp³-hybridized carbons (Fsp3) is 0.952. The van der Waals surface area contributed by atoms with Crippen LogP contribution in [-0.2, 0) is 9.53 Å². The van der Waals surface area contributed by atoms with Gasteiger partial charge in [0.1, 0.15) is 6.10 Å². The number of carbonyl (C=O) groups is 1. The Balaban J connectivity index is 1.54. The van der Waals surface area contributed by atoms with Crippen LogP contribution in [0.3, 0.4) is 0 Å². The molecule has 25 heavy (non-hydrogen) atoms. The zero-order chi connectivity index (χ0) is 18.0. The van der Waals surface area contributed by atoms with Gasteiger partial charge in [-0.2, -0.15) is 0 Å². The average molecular weight is 350 g/mol. The molecule has 4 saturated carbocycles. The van der Waals surface area contributed by atoms with Crippen molar-refractivity contribution in [1.82, 2.24) is 0 Å². The molecule has 0 aromatic carbocycles. The molecule has 4 aliphatic rings. The van der Waals surface area contributed by atoms with Crippen molar-refractivity contribution in [2.75, 3.05) is 0 Å². The van der Waals surface area contributed by atoms with Crippen molar-refractivity contribution in [3.63, 3.8) is 0 Å². The minimum Gasteiger partial charge on any atom is -0.463 e. The Morgan fingerprint density at radius 2 is 1.76 bits per heavy atom. The lowest BCUT2D eigenvalue weighted by Crippen LogP contribution is -2.55. The second-order valence-corrected chi connectivity index (χ2v) is 10.0. The third-order valence-electron chi connectivity index (χ3n) is 9.06. The molecule has 0 saturated heterocycles. The molecule has 3 N–H and O–H groups in total. The van der Waals surface area contributed by atoms with Crippen LogP contribution in [0.15, 0.2) is 0 Å². The van der Waals surface area contributed by atoms with E-state index < -0.39 is 0 Å². The molecule has 4 fully saturated rings. The number of carbonyl (C=O) groups excluding carboxylic acids is 1. The Kier molecular flexibility index (Phi) is 4.23. The molecule has 0 amide bonds. The molecule has 142 valence electrons. The van der Waals surface area contributed by atoms with E-state index in [9.17, 15) is 9.90 Å². The Hall–Kier alpha value is -0.610. The molecule has 4 rings (SSSR count). The van der Waals surface area contributed by atoms with Crippen LogP contribution in [0.2, 0.25) is 0 Å². The zero-order valence-corrected chi connectivity index (χ0v) is 16.0. The van der Waals surface area contributed by atoms with Gasteiger partial charge < -0.3 is 15.6 Å². The van der Waals surface area contributed by atoms with E-state index in [0.717, 1.165) is 31.6 Å². The maximum atomic E-state index is 11.3. The van der Waals surface area contributed by atoms with Crippen molar-refractivity contribution >= 4 is 5.97 Å². The monoisotopic (exact) mass is 349 g/mol. The first-order chi connectivity index (χ1) is 11.8. The number of esters is 1. The summed E-state index contributed by atoms with van der Waals surface area (Å²) in [4.78, 5) is 11.3. The summed E-state index contributed by atoms with van der Waals surface area (Å²) in [6.45, 7) is 6.37. The number of hydrogen-bond donors (Lipinski definition) is 2. The number of hydrogen-bond acceptors (Lipinski definition) is 4. The molecular weight excluding hydrogens is 314 g/mol. The second-order valence-electron chi connectivity index (χ2n) is 10.0. The topological polar surface area (TPSA) is 72.5 Å². The number of nitrogens with two attached hydrogens (primary N) is 1. The van der Waals surface area contributed by atoms with Crippen LogP contribution in [0.5, 0.6) is 0 Å². The first-order valence-electron chi connectivity index (χ1n) is 10.4. The highest BCUT2D eigenvalue weighted by molar-refractivity contribution is 5.66. The number of rotatable bonds is 1. The minimum atomic E-state index is -0.320. The summed E-state index contributed by atoms with van der Waals surface area (Å²) in [6.07, 6.45) is 8.86. The molecule has 4 unspecified atom stereocenters. The van der Waals surface area contributed by atoms with E-state index in [1.54, 1.807) is 0 Å². The summed E-state index contributed by atoms with van der Waals surface area (Å²) >= 11 is 0. The van der Waals surface area contributed by atoms with Gasteiger partial charge in [0.05, 0.1) is 6.10 Å². The molecule has 0 spiro atoms. The van der Waals surface area contributed by atoms with Crippen LogP contribution >= 0.6 is 0 Å². The normalized spacial score (nSPS) is 55.0. The van der Waals surface area contributed by atoms with Gasteiger partial charge in [0.15, 0.2) is 0 Å². The third kappa shape index (κ3) is 2.58. The van der Waals surface area contributed by atoms with Gasteiger partial charge in [-0.1, -0.05) is 13.8 Å². The summed E-state index contributed by atoms with van der Waals surface area (Å²) in [5.41, 5.74) is 6.92. The number of ether oxygens (including phenoxy) is 1. The van der Waals surface area contributed by atoms with E-state index in [4.69, 9.17) is 10.5 Å². The zero-order valence-electron chi connectivity index (χ0n) is 16.0. The van der Waals surface area contributed by atoms with Gasteiger partial charge in [-0.05, 0) is 85.9 Å². The van der Waals surface area contributed by atoms with Gasteiger partial charge in [0, 0.05) is 13.0 Å². The van der Waals surface area contributed by atoms with Crippen LogP contribution < -0.4 is 5.73 Å². The van der Waals surface area contributed by atoms with Gasteiger partial charge in [0.25, 0.3) is 0 Å². The van der Waals surface area contributed by atoms with Gasteiger partial charge in [-0.25, -0.2) is 0 Å². The molecule has 4 nitrogen and oxygen atoms in total. The van der Waals surface area contributed by atoms with E-state index in [1.165, 1.54) is 32.6 Å². The smallest absolute Gasteiger partial charge is 0.302 e. The van der Waals surface area contributed by atoms with Crippen molar-refractivity contribution < 1.29 is 14.6 Å². The van der Waals surface area contributed by atoms with Gasteiger partial charge in [-0.15, -0.1) is 0 Å². The Morgan fingerprint density at radius 1 is 1.04 bits per heavy atom. The summed E-state index contributed by atoms with van der Waals surface area (Å²) in [5.74, 6) is 2.59. The van der Waals surface area contributed by atoms with Gasteiger partial charge in [-0.3, -0.25) is 4.79 Å². The molecule has 0 bridgehead atoms. The maximum absolute atomic E-state index is 11.3. The Bertz CT molecular complexity index is 551. The average Bonchev–Trinajstić information content (AvgIpc) is 2.78. The maximum Gasteiger partial charge on any atom is 0.302 e. The standard InChI is InChI=1S/C21H35NO3/c1-12(23)25-14-6-8-20(2)13(10-14)4-5-15-16(20)7-9-21(3)17(15)11-18(24)19(21)22/h13-19,24H,4-11,22H2,1-3H3/t13?,14?,15-,16-,17+,18?,19?,20+,21+/m1/s1. The van der Waals surface area contributed by atoms with Crippen LogP contribution in [-0.4, -0.2) is 29.3 Å². The van der Waals surface area contributed by atoms with Crippen LogP contribution in [0.4, 0.5) is 0 Å². The van der Waals surface area contributed by atoms with Crippen molar-refractivity contribution in [1.29, 1.82) is 0 Å². The summed E-state index contributed by atoms with van der Waals surface area (Å²) < 4.78 is 5.55. The lowest BCUT2D eigenvalue weighted by molar-refractivity contribution is -0.159. The molecule has 4 heteroatoms. The van der Waals surface area contributed by atoms with Gasteiger partial charge in [0.2, 0.25) is 0 Å². The summed E-state index contributed by atoms with van der Waals surface area (Å²) in [7, 11) is 0. The highest BCUT2D eigenvalue weighted by Crippen LogP contribution is 2.66. The predicted molar refractivity (Wildman–Crippen MR) is 96.6 cm³/mol. The quantitative estimate of drug-likeness (QED) is 0.713. The van der Waals surface area contributed by atoms with Crippen LogP contribution in [0.1, 0.15) is 72.1 Å². The third-order valence-corrected chi connectivity index (χ3v) is 9.06. The van der Waals surface area contributed by atoms with Crippen molar-refractivity contribution in [3.05, 3.63) is 0 Å². The van der Waals surface area contributed by atoms with E-state index in [-0.39, 0.29) is 29.6 Å². The molecule has 0 aromatic rings. The number of aliphatic hydroxyl groups excluding tert-OH is 1. The fourth-order valence-corrected chi connectivity index (χ4v) is 7.61. The molecule has 0 radical (unpaired) electrons. The van der Waals surface area contributed by atoms with Crippen molar-refractivity contribution in [2.24, 2.45) is 40.2 Å². The van der Waals surface area contributed by atoms with E-state index >= 15 is 0 Å². The van der Waals surface area contributed by atoms with Crippen LogP contribution in [0.25, 0.3) is 0 Å². The predicted octanol–water partition coefficient (Wildman–Crippen LogP) is 3.26. The first-order valence-corrected chi connectivity index (χ1v) is 10.4. The largest absolute Gasteiger partial charge is 0.463 e. The highest BCUT2D eigenvalue weighted by Gasteiger charge is 2.61. The number of fused-ring (bicyclic) bond motifs is 5. The summed E-state index contributed by atoms with van der Waals surface area (Å²) in [6, 6.07) is -0.0521. The first kappa shape index (κ1) is 17.8. The molecule has 0 heterocycles. The van der Waals surface area contributed by atoms with Crippen LogP contribution in [0, 0.1) is 34.5 Å². The Morgan fingerprint density at radius 3 is 2.48 bits per heavy atom. The Labute approximate surface area is 151 Å². The molecule has 9 atom stereocenters. The van der Waals surface area contributed by atoms with Gasteiger partial charge >= 0.3 is 5.97 Å². The summed E-state index contributed by atoms with van der Waals surface area (Å²) in [5, 5.41) is 10.4. The number of aliphatic hydroxyl groups is 1. The molecule has 0 aliphatic heterocycles. The molecule has 4 aliphatic carbocycles. The molecular formula is C21H35NO3. The lowest BCUT2D eigenvalue weighted by atomic mass is 9.45. The molecule has 0 aromatic heterocycles. The second kappa shape index (κ2) is 5.95. The van der Waals surface area contributed by atoms with E-state index in [1.807, 2.05) is 0 Å². The fourth-order valence-electron chi connectivity index (χ4n) is 7.61. The van der Waals surface area contributed by atoms with E-state index in [2.05, 4.69) is 13.8 Å². The minimum absolute atomic E-state index is 0.0521. The highest BCUT2D eigenvalue weighted by atomic mass is 16.5. The lowest BCUT2D eigenvalue weighted by Gasteiger charge is -2.60. The van der Waals surface area contributed by atoms with Crippen molar-refractivity contribution in [2.45, 2.75) is 90.4 Å². The van der Waals surface area contributed by atoms with E-state index in [0.29, 0.717) is 23.2 Å². The van der Waals surface area contributed by atoms with Crippen molar-refractivity contribution in [3.8, 4) is 0 Å².